The molecule has 1 fully saturated rings. The molecule has 0 radical (unpaired) electrons. The first-order valence-corrected chi connectivity index (χ1v) is 14.4. The zero-order chi connectivity index (χ0) is 27.4. The van der Waals surface area contributed by atoms with Gasteiger partial charge in [0.25, 0.3) is 0 Å². The molecule has 0 spiro atoms. The summed E-state index contributed by atoms with van der Waals surface area (Å²) < 4.78 is 22.6. The Balaban J connectivity index is 0.00000164. The van der Waals surface area contributed by atoms with E-state index in [1.54, 1.807) is 28.4 Å². The molecule has 0 bridgehead atoms. The lowest BCUT2D eigenvalue weighted by molar-refractivity contribution is 0.0340. The lowest BCUT2D eigenvalue weighted by Crippen LogP contribution is -2.47. The maximum absolute atomic E-state index is 5.70. The molecule has 4 unspecified atom stereocenters. The van der Waals surface area contributed by atoms with Gasteiger partial charge in [-0.1, -0.05) is 27.2 Å². The van der Waals surface area contributed by atoms with Crippen LogP contribution >= 0.6 is 0 Å². The van der Waals surface area contributed by atoms with Crippen LogP contribution in [0.2, 0.25) is 0 Å². The van der Waals surface area contributed by atoms with Gasteiger partial charge in [0.2, 0.25) is 0 Å². The minimum Gasteiger partial charge on any atom is -0.493 e. The molecule has 2 aromatic carbocycles. The van der Waals surface area contributed by atoms with Crippen molar-refractivity contribution >= 4 is 0 Å². The number of likely N-dealkylation sites (N-methyl/N-ethyl adjacent to an activating group) is 1. The standard InChI is InChI=1S/C30H42N2O4.C2H6/c1-7-19-18-32-11-9-21-15-28(34-4)30(36-6)17-24(21)26(32)13-22(19)12-25-23-16-29(35-5)27(33-3)14-20(23)8-10-31(25)2;1-2/h14-17,19,22,25-26H,7-13,18H2,1-6H3;1-2H3. The van der Waals surface area contributed by atoms with Crippen LogP contribution in [0.25, 0.3) is 0 Å². The van der Waals surface area contributed by atoms with Crippen molar-refractivity contribution in [1.82, 2.24) is 9.80 Å². The molecule has 0 aliphatic carbocycles. The lowest BCUT2D eigenvalue weighted by Gasteiger charge is -2.49. The first-order chi connectivity index (χ1) is 18.5. The van der Waals surface area contributed by atoms with E-state index >= 15 is 0 Å². The second kappa shape index (κ2) is 12.6. The van der Waals surface area contributed by atoms with Gasteiger partial charge in [-0.2, -0.15) is 0 Å². The number of ether oxygens (including phenoxy) is 4. The average Bonchev–Trinajstić information content (AvgIpc) is 2.97. The van der Waals surface area contributed by atoms with E-state index in [1.807, 2.05) is 13.8 Å². The number of methoxy groups -OCH3 is 4. The second-order valence-electron chi connectivity index (χ2n) is 10.7. The molecular formula is C32H48N2O4. The van der Waals surface area contributed by atoms with Crippen LogP contribution in [0.4, 0.5) is 0 Å². The summed E-state index contributed by atoms with van der Waals surface area (Å²) in [6, 6.07) is 9.72. The normalized spacial score (nSPS) is 24.7. The highest BCUT2D eigenvalue weighted by molar-refractivity contribution is 5.50. The number of hydrogen-bond acceptors (Lipinski definition) is 6. The second-order valence-corrected chi connectivity index (χ2v) is 10.7. The summed E-state index contributed by atoms with van der Waals surface area (Å²) in [5.41, 5.74) is 5.66. The lowest BCUT2D eigenvalue weighted by atomic mass is 9.72. The maximum Gasteiger partial charge on any atom is 0.161 e. The molecule has 210 valence electrons. The van der Waals surface area contributed by atoms with Crippen molar-refractivity contribution in [2.75, 3.05) is 55.1 Å². The number of fused-ring (bicyclic) bond motifs is 4. The zero-order valence-electron chi connectivity index (χ0n) is 24.8. The molecule has 3 heterocycles. The maximum atomic E-state index is 5.70. The quantitative estimate of drug-likeness (QED) is 0.423. The first kappa shape index (κ1) is 28.6. The zero-order valence-corrected chi connectivity index (χ0v) is 24.8. The van der Waals surface area contributed by atoms with Crippen molar-refractivity contribution in [1.29, 1.82) is 0 Å². The van der Waals surface area contributed by atoms with E-state index < -0.39 is 0 Å². The number of hydrogen-bond donors (Lipinski definition) is 0. The van der Waals surface area contributed by atoms with E-state index in [0.29, 0.717) is 23.9 Å². The highest BCUT2D eigenvalue weighted by atomic mass is 16.5. The van der Waals surface area contributed by atoms with Crippen LogP contribution in [0.15, 0.2) is 24.3 Å². The molecule has 0 aromatic heterocycles. The van der Waals surface area contributed by atoms with Crippen molar-refractivity contribution in [2.45, 2.75) is 65.0 Å². The van der Waals surface area contributed by atoms with Crippen LogP contribution < -0.4 is 18.9 Å². The highest BCUT2D eigenvalue weighted by Crippen LogP contribution is 2.49. The van der Waals surface area contributed by atoms with Gasteiger partial charge in [-0.3, -0.25) is 9.80 Å². The van der Waals surface area contributed by atoms with Gasteiger partial charge in [-0.25, -0.2) is 0 Å². The topological polar surface area (TPSA) is 43.4 Å². The Labute approximate surface area is 230 Å². The van der Waals surface area contributed by atoms with Crippen LogP contribution in [-0.4, -0.2) is 64.9 Å². The van der Waals surface area contributed by atoms with Crippen LogP contribution in [0.3, 0.4) is 0 Å². The molecule has 6 heteroatoms. The summed E-state index contributed by atoms with van der Waals surface area (Å²) in [5.74, 6) is 4.72. The summed E-state index contributed by atoms with van der Waals surface area (Å²) >= 11 is 0. The molecule has 1 saturated heterocycles. The molecular weight excluding hydrogens is 476 g/mol. The molecule has 6 nitrogen and oxygen atoms in total. The van der Waals surface area contributed by atoms with Crippen LogP contribution in [0, 0.1) is 11.8 Å². The van der Waals surface area contributed by atoms with Gasteiger partial charge in [0, 0.05) is 31.7 Å². The summed E-state index contributed by atoms with van der Waals surface area (Å²) in [7, 11) is 9.21. The number of benzene rings is 2. The van der Waals surface area contributed by atoms with Gasteiger partial charge in [0.15, 0.2) is 23.0 Å². The monoisotopic (exact) mass is 524 g/mol. The van der Waals surface area contributed by atoms with E-state index in [-0.39, 0.29) is 0 Å². The minimum atomic E-state index is 0.396. The van der Waals surface area contributed by atoms with Crippen molar-refractivity contribution in [2.24, 2.45) is 11.8 Å². The molecule has 0 N–H and O–H groups in total. The Hall–Kier alpha value is -2.44. The SMILES string of the molecule is CC.CCC1CN2CCc3cc(OC)c(OC)cc3C2CC1CC1c2cc(OC)c(OC)cc2CCN1C. The largest absolute Gasteiger partial charge is 0.493 e. The van der Waals surface area contributed by atoms with Crippen LogP contribution in [-0.2, 0) is 12.8 Å². The number of nitrogens with zero attached hydrogens (tertiary/aromatic N) is 2. The highest BCUT2D eigenvalue weighted by Gasteiger charge is 2.41. The first-order valence-electron chi connectivity index (χ1n) is 14.4. The van der Waals surface area contributed by atoms with Gasteiger partial charge < -0.3 is 18.9 Å². The molecule has 0 amide bonds. The smallest absolute Gasteiger partial charge is 0.161 e. The van der Waals surface area contributed by atoms with E-state index in [1.165, 1.54) is 48.1 Å². The molecule has 2 aromatic rings. The van der Waals surface area contributed by atoms with E-state index in [4.69, 9.17) is 18.9 Å². The third kappa shape index (κ3) is 5.35. The summed E-state index contributed by atoms with van der Waals surface area (Å²) in [6.07, 6.45) is 5.71. The molecule has 0 saturated carbocycles. The fraction of sp³-hybridized carbons (Fsp3) is 0.625. The Morgan fingerprint density at radius 2 is 1.26 bits per heavy atom. The summed E-state index contributed by atoms with van der Waals surface area (Å²) in [5, 5.41) is 0. The van der Waals surface area contributed by atoms with Crippen molar-refractivity contribution in [3.63, 3.8) is 0 Å². The van der Waals surface area contributed by atoms with Gasteiger partial charge in [0.1, 0.15) is 0 Å². The predicted octanol–water partition coefficient (Wildman–Crippen LogP) is 6.31. The molecule has 38 heavy (non-hydrogen) atoms. The van der Waals surface area contributed by atoms with Gasteiger partial charge >= 0.3 is 0 Å². The van der Waals surface area contributed by atoms with Gasteiger partial charge in [-0.15, -0.1) is 0 Å². The predicted molar refractivity (Wildman–Crippen MR) is 154 cm³/mol. The molecule has 5 rings (SSSR count). The summed E-state index contributed by atoms with van der Waals surface area (Å²) in [4.78, 5) is 5.28. The van der Waals surface area contributed by atoms with Crippen molar-refractivity contribution in [3.8, 4) is 23.0 Å². The Morgan fingerprint density at radius 3 is 1.84 bits per heavy atom. The van der Waals surface area contributed by atoms with Crippen molar-refractivity contribution in [3.05, 3.63) is 46.5 Å². The van der Waals surface area contributed by atoms with Gasteiger partial charge in [0.05, 0.1) is 28.4 Å². The van der Waals surface area contributed by atoms with E-state index in [9.17, 15) is 0 Å². The number of piperidine rings is 1. The Bertz CT molecular complexity index is 1090. The molecule has 3 aliphatic heterocycles. The van der Waals surface area contributed by atoms with Gasteiger partial charge in [-0.05, 0) is 91.1 Å². The average molecular weight is 525 g/mol. The minimum absolute atomic E-state index is 0.396. The molecule has 3 aliphatic rings. The third-order valence-corrected chi connectivity index (χ3v) is 9.10. The number of rotatable bonds is 7. The fourth-order valence-electron chi connectivity index (χ4n) is 7.00. The summed E-state index contributed by atoms with van der Waals surface area (Å²) in [6.45, 7) is 9.75. The Morgan fingerprint density at radius 1 is 0.737 bits per heavy atom. The third-order valence-electron chi connectivity index (χ3n) is 9.10. The van der Waals surface area contributed by atoms with E-state index in [2.05, 4.69) is 48.0 Å². The molecule has 4 atom stereocenters. The van der Waals surface area contributed by atoms with E-state index in [0.717, 1.165) is 48.9 Å². The van der Waals surface area contributed by atoms with Crippen molar-refractivity contribution < 1.29 is 18.9 Å². The Kier molecular flexibility index (Phi) is 9.48. The fourth-order valence-corrected chi connectivity index (χ4v) is 7.00. The van der Waals surface area contributed by atoms with Crippen LogP contribution in [0.1, 0.15) is 74.4 Å². The van der Waals surface area contributed by atoms with Crippen LogP contribution in [0.5, 0.6) is 23.0 Å².